The van der Waals surface area contributed by atoms with Gasteiger partial charge in [0.25, 0.3) is 10.0 Å². The number of rotatable bonds is 7. The third-order valence-corrected chi connectivity index (χ3v) is 3.69. The second kappa shape index (κ2) is 13.0. The Bertz CT molecular complexity index is 677. The van der Waals surface area contributed by atoms with E-state index in [2.05, 4.69) is 10.3 Å². The first-order chi connectivity index (χ1) is 10.2. The third-order valence-electron chi connectivity index (χ3n) is 2.30. The monoisotopic (exact) mass is 406 g/mol. The van der Waals surface area contributed by atoms with Crippen LogP contribution >= 0.6 is 0 Å². The van der Waals surface area contributed by atoms with Gasteiger partial charge in [-0.2, -0.15) is 0 Å². The van der Waals surface area contributed by atoms with Crippen molar-refractivity contribution in [1.29, 1.82) is 0 Å². The van der Waals surface area contributed by atoms with Crippen LogP contribution in [0.1, 0.15) is 12.8 Å². The number of hydrogen-bond acceptors (Lipinski definition) is 6. The van der Waals surface area contributed by atoms with Crippen LogP contribution in [0.4, 0.5) is 5.69 Å². The minimum absolute atomic E-state index is 0. The van der Waals surface area contributed by atoms with E-state index in [9.17, 15) is 18.0 Å². The molecule has 1 rings (SSSR count). The molecule has 0 aliphatic heterocycles. The topological polar surface area (TPSA) is 128 Å². The smallest absolute Gasteiger partial charge is 0.481 e. The van der Waals surface area contributed by atoms with Crippen molar-refractivity contribution in [2.24, 2.45) is 10.3 Å². The van der Waals surface area contributed by atoms with Gasteiger partial charge in [0.15, 0.2) is 0 Å². The Morgan fingerprint density at radius 3 is 2.12 bits per heavy atom. The molecule has 9 nitrogen and oxygen atoms in total. The molecule has 12 heteroatoms. The van der Waals surface area contributed by atoms with Crippen molar-refractivity contribution >= 4 is 27.6 Å². The molecule has 24 heavy (non-hydrogen) atoms. The molecule has 1 amide bonds. The van der Waals surface area contributed by atoms with E-state index in [-0.39, 0.29) is 108 Å². The van der Waals surface area contributed by atoms with Crippen molar-refractivity contribution in [3.8, 4) is 0 Å². The normalized spacial score (nSPS) is 10.4. The summed E-state index contributed by atoms with van der Waals surface area (Å²) in [7, 11) is -0.652. The molecule has 0 aliphatic carbocycles. The van der Waals surface area contributed by atoms with Gasteiger partial charge in [-0.25, -0.2) is 13.1 Å². The number of nitrogens with zero attached hydrogens (tertiary/aromatic N) is 3. The first-order valence-electron chi connectivity index (χ1n) is 6.17. The maximum Gasteiger partial charge on any atom is 1.00 e. The fourth-order valence-electron chi connectivity index (χ4n) is 1.31. The van der Waals surface area contributed by atoms with Crippen LogP contribution in [0.5, 0.6) is 0 Å². The molecule has 1 aromatic carbocycles. The van der Waals surface area contributed by atoms with Crippen LogP contribution in [0.2, 0.25) is 0 Å². The van der Waals surface area contributed by atoms with E-state index in [4.69, 9.17) is 5.11 Å². The van der Waals surface area contributed by atoms with Crippen molar-refractivity contribution in [3.05, 3.63) is 24.3 Å². The summed E-state index contributed by atoms with van der Waals surface area (Å²) in [5, 5.41) is 17.5. The van der Waals surface area contributed by atoms with Crippen LogP contribution < -0.4 is 107 Å². The molecule has 0 unspecified atom stereocenters. The van der Waals surface area contributed by atoms with E-state index in [0.29, 0.717) is 5.69 Å². The number of aliphatic carboxylic acids is 1. The zero-order valence-corrected chi connectivity index (χ0v) is 21.1. The maximum atomic E-state index is 11.9. The zero-order chi connectivity index (χ0) is 16.8. The number of benzene rings is 1. The van der Waals surface area contributed by atoms with Crippen LogP contribution in [0.3, 0.4) is 0 Å². The molecule has 0 atom stereocenters. The standard InChI is InChI=1S/C12H16N4O5S.2K/c1-16(2)15-13-9-3-5-10(6-4-9)22(20,21)14-11(17)7-8-12(18)19;;/h3-6H,7-8H2,1-2H3,(H,14,17)(H,18,19);;/q;2*+1. The molecular weight excluding hydrogens is 390 g/mol. The number of amides is 1. The Morgan fingerprint density at radius 1 is 1.12 bits per heavy atom. The molecule has 0 aromatic heterocycles. The second-order valence-electron chi connectivity index (χ2n) is 4.45. The van der Waals surface area contributed by atoms with Gasteiger partial charge in [0, 0.05) is 20.5 Å². The van der Waals surface area contributed by atoms with Gasteiger partial charge in [0.1, 0.15) is 0 Å². The van der Waals surface area contributed by atoms with Crippen LogP contribution in [-0.2, 0) is 19.6 Å². The molecule has 120 valence electrons. The van der Waals surface area contributed by atoms with Crippen molar-refractivity contribution in [1.82, 2.24) is 9.73 Å². The summed E-state index contributed by atoms with van der Waals surface area (Å²) in [4.78, 5) is 21.6. The number of sulfonamides is 1. The van der Waals surface area contributed by atoms with Gasteiger partial charge in [0.05, 0.1) is 17.0 Å². The van der Waals surface area contributed by atoms with Gasteiger partial charge in [0.2, 0.25) is 5.91 Å². The predicted molar refractivity (Wildman–Crippen MR) is 76.8 cm³/mol. The fraction of sp³-hybridized carbons (Fsp3) is 0.333. The first kappa shape index (κ1) is 27.0. The molecule has 0 saturated carbocycles. The quantitative estimate of drug-likeness (QED) is 0.265. The number of carboxylic acids is 1. The SMILES string of the molecule is CN(C)N=Nc1ccc(S(=O)(=O)NC(=O)CCC(=O)O)cc1.[K+].[K+]. The van der Waals surface area contributed by atoms with Crippen LogP contribution in [0.25, 0.3) is 0 Å². The fourth-order valence-corrected chi connectivity index (χ4v) is 2.33. The van der Waals surface area contributed by atoms with Crippen LogP contribution in [-0.4, -0.2) is 44.5 Å². The summed E-state index contributed by atoms with van der Waals surface area (Å²) in [6.07, 6.45) is -0.852. The summed E-state index contributed by atoms with van der Waals surface area (Å²) in [6, 6.07) is 5.42. The minimum atomic E-state index is -4.03. The summed E-state index contributed by atoms with van der Waals surface area (Å²) in [5.41, 5.74) is 0.449. The predicted octanol–water partition coefficient (Wildman–Crippen LogP) is -5.08. The van der Waals surface area contributed by atoms with Crippen molar-refractivity contribution in [2.45, 2.75) is 17.7 Å². The van der Waals surface area contributed by atoms with Crippen molar-refractivity contribution < 1.29 is 126 Å². The Hall–Kier alpha value is 0.783. The van der Waals surface area contributed by atoms with Gasteiger partial charge in [-0.05, 0) is 24.3 Å². The number of carboxylic acid groups (broad SMARTS) is 1. The number of nitrogens with one attached hydrogen (secondary N) is 1. The van der Waals surface area contributed by atoms with E-state index in [0.717, 1.165) is 0 Å². The van der Waals surface area contributed by atoms with Crippen molar-refractivity contribution in [3.63, 3.8) is 0 Å². The molecular formula is C12H16K2N4O5S+2. The third kappa shape index (κ3) is 10.7. The largest absolute Gasteiger partial charge is 1.00 e. The van der Waals surface area contributed by atoms with E-state index < -0.39 is 34.7 Å². The second-order valence-corrected chi connectivity index (χ2v) is 6.14. The number of hydrogen-bond donors (Lipinski definition) is 2. The summed E-state index contributed by atoms with van der Waals surface area (Å²) in [6.45, 7) is 0. The molecule has 2 N–H and O–H groups in total. The van der Waals surface area contributed by atoms with E-state index in [1.165, 1.54) is 29.3 Å². The number of carbonyl (C=O) groups excluding carboxylic acids is 1. The van der Waals surface area contributed by atoms with Gasteiger partial charge in [-0.15, -0.1) is 5.11 Å². The Labute approximate surface area is 225 Å². The molecule has 0 spiro atoms. The number of carbonyl (C=O) groups is 2. The maximum absolute atomic E-state index is 11.9. The molecule has 0 radical (unpaired) electrons. The zero-order valence-electron chi connectivity index (χ0n) is 14.1. The molecule has 0 bridgehead atoms. The van der Waals surface area contributed by atoms with Gasteiger partial charge in [-0.1, -0.05) is 5.22 Å². The Morgan fingerprint density at radius 2 is 1.67 bits per heavy atom. The van der Waals surface area contributed by atoms with Crippen molar-refractivity contribution in [2.75, 3.05) is 14.1 Å². The summed E-state index contributed by atoms with van der Waals surface area (Å²) >= 11 is 0. The van der Waals surface area contributed by atoms with Gasteiger partial charge >= 0.3 is 109 Å². The van der Waals surface area contributed by atoms with E-state index >= 15 is 0 Å². The molecule has 0 heterocycles. The van der Waals surface area contributed by atoms with Gasteiger partial charge < -0.3 is 5.11 Å². The van der Waals surface area contributed by atoms with Gasteiger partial charge in [-0.3, -0.25) is 14.6 Å². The molecule has 1 aromatic rings. The Kier molecular flexibility index (Phi) is 14.7. The summed E-state index contributed by atoms with van der Waals surface area (Å²) < 4.78 is 25.7. The average molecular weight is 407 g/mol. The van der Waals surface area contributed by atoms with E-state index in [1.807, 2.05) is 0 Å². The minimum Gasteiger partial charge on any atom is -0.481 e. The molecule has 0 saturated heterocycles. The first-order valence-corrected chi connectivity index (χ1v) is 7.65. The Balaban J connectivity index is 0. The molecule has 0 aliphatic rings. The van der Waals surface area contributed by atoms with E-state index in [1.54, 1.807) is 18.8 Å². The summed E-state index contributed by atoms with van der Waals surface area (Å²) in [5.74, 6) is -2.05. The average Bonchev–Trinajstić information content (AvgIpc) is 2.43. The van der Waals surface area contributed by atoms with Crippen LogP contribution in [0, 0.1) is 0 Å². The molecule has 0 fully saturated rings. The van der Waals surface area contributed by atoms with Crippen LogP contribution in [0.15, 0.2) is 39.5 Å².